The molecule has 3 aromatic rings. The summed E-state index contributed by atoms with van der Waals surface area (Å²) in [6.07, 6.45) is 0.0813. The summed E-state index contributed by atoms with van der Waals surface area (Å²) >= 11 is 0. The second-order valence-corrected chi connectivity index (χ2v) is 7.83. The highest BCUT2D eigenvalue weighted by Gasteiger charge is 2.45. The minimum absolute atomic E-state index is 0.0813. The van der Waals surface area contributed by atoms with Crippen molar-refractivity contribution in [3.05, 3.63) is 89.7 Å². The zero-order chi connectivity index (χ0) is 23.4. The lowest BCUT2D eigenvalue weighted by molar-refractivity contribution is -0.127. The van der Waals surface area contributed by atoms with Gasteiger partial charge in [-0.1, -0.05) is 24.3 Å². The number of ether oxygens (including phenoxy) is 2. The molecule has 3 aromatic carbocycles. The van der Waals surface area contributed by atoms with Gasteiger partial charge in [0, 0.05) is 18.7 Å². The van der Waals surface area contributed by atoms with Crippen molar-refractivity contribution in [2.45, 2.75) is 19.0 Å². The van der Waals surface area contributed by atoms with Crippen molar-refractivity contribution in [1.29, 1.82) is 0 Å². The fraction of sp³-hybridized carbons (Fsp3) is 0.231. The Kier molecular flexibility index (Phi) is 6.58. The molecule has 1 aliphatic rings. The molecule has 0 aromatic heterocycles. The predicted octanol–water partition coefficient (Wildman–Crippen LogP) is 4.25. The van der Waals surface area contributed by atoms with E-state index in [9.17, 15) is 14.0 Å². The van der Waals surface area contributed by atoms with Gasteiger partial charge in [0.2, 0.25) is 11.8 Å². The van der Waals surface area contributed by atoms with E-state index in [1.165, 1.54) is 12.1 Å². The molecule has 6 nitrogen and oxygen atoms in total. The van der Waals surface area contributed by atoms with Crippen molar-refractivity contribution in [2.24, 2.45) is 5.92 Å². The van der Waals surface area contributed by atoms with Crippen LogP contribution in [0.2, 0.25) is 0 Å². The standard InChI is InChI=1S/C26H25FN2O4/c1-32-21-11-5-18(6-12-21)25-23(26(31)28-16-17-3-7-19(27)8-4-17)15-24(30)29(25)20-9-13-22(33-2)14-10-20/h3-14,23,25H,15-16H2,1-2H3,(H,28,31)/t23-,25-/m0/s1. The molecule has 2 amide bonds. The van der Waals surface area contributed by atoms with E-state index >= 15 is 0 Å². The maximum atomic E-state index is 13.2. The Morgan fingerprint density at radius 3 is 2.09 bits per heavy atom. The van der Waals surface area contributed by atoms with Gasteiger partial charge in [0.05, 0.1) is 26.2 Å². The third-order valence-corrected chi connectivity index (χ3v) is 5.85. The molecule has 0 aliphatic carbocycles. The summed E-state index contributed by atoms with van der Waals surface area (Å²) in [7, 11) is 3.17. The highest BCUT2D eigenvalue weighted by atomic mass is 19.1. The third kappa shape index (κ3) is 4.82. The van der Waals surface area contributed by atoms with E-state index in [-0.39, 0.29) is 30.6 Å². The fourth-order valence-corrected chi connectivity index (χ4v) is 4.12. The van der Waals surface area contributed by atoms with Gasteiger partial charge in [-0.05, 0) is 59.7 Å². The number of rotatable bonds is 7. The first-order chi connectivity index (χ1) is 16.0. The van der Waals surface area contributed by atoms with Crippen LogP contribution in [0, 0.1) is 11.7 Å². The van der Waals surface area contributed by atoms with Crippen LogP contribution in [0.1, 0.15) is 23.6 Å². The molecular formula is C26H25FN2O4. The summed E-state index contributed by atoms with van der Waals surface area (Å²) in [6, 6.07) is 20.1. The van der Waals surface area contributed by atoms with E-state index < -0.39 is 12.0 Å². The molecule has 1 saturated heterocycles. The van der Waals surface area contributed by atoms with Crippen LogP contribution in [0.15, 0.2) is 72.8 Å². The van der Waals surface area contributed by atoms with Gasteiger partial charge in [0.15, 0.2) is 0 Å². The third-order valence-electron chi connectivity index (χ3n) is 5.85. The van der Waals surface area contributed by atoms with E-state index in [1.807, 2.05) is 36.4 Å². The lowest BCUT2D eigenvalue weighted by atomic mass is 9.92. The van der Waals surface area contributed by atoms with Crippen molar-refractivity contribution in [3.8, 4) is 11.5 Å². The Labute approximate surface area is 191 Å². The molecule has 4 rings (SSSR count). The van der Waals surface area contributed by atoms with Crippen LogP contribution < -0.4 is 19.7 Å². The van der Waals surface area contributed by atoms with E-state index in [2.05, 4.69) is 5.32 Å². The number of carbonyl (C=O) groups excluding carboxylic acids is 2. The van der Waals surface area contributed by atoms with Crippen LogP contribution in [-0.2, 0) is 16.1 Å². The molecule has 1 N–H and O–H groups in total. The van der Waals surface area contributed by atoms with Crippen LogP contribution in [0.25, 0.3) is 0 Å². The Morgan fingerprint density at radius 2 is 1.52 bits per heavy atom. The number of hydrogen-bond acceptors (Lipinski definition) is 4. The lowest BCUT2D eigenvalue weighted by Gasteiger charge is -2.28. The second-order valence-electron chi connectivity index (χ2n) is 7.83. The van der Waals surface area contributed by atoms with Gasteiger partial charge in [-0.25, -0.2) is 4.39 Å². The first-order valence-electron chi connectivity index (χ1n) is 10.6. The molecule has 33 heavy (non-hydrogen) atoms. The number of methoxy groups -OCH3 is 2. The van der Waals surface area contributed by atoms with E-state index in [0.29, 0.717) is 17.2 Å². The van der Waals surface area contributed by atoms with E-state index in [1.54, 1.807) is 43.4 Å². The van der Waals surface area contributed by atoms with Crippen LogP contribution in [0.4, 0.5) is 10.1 Å². The molecule has 1 fully saturated rings. The van der Waals surface area contributed by atoms with Gasteiger partial charge < -0.3 is 19.7 Å². The van der Waals surface area contributed by atoms with Crippen molar-refractivity contribution in [3.63, 3.8) is 0 Å². The Balaban J connectivity index is 1.63. The fourth-order valence-electron chi connectivity index (χ4n) is 4.12. The predicted molar refractivity (Wildman–Crippen MR) is 123 cm³/mol. The van der Waals surface area contributed by atoms with Gasteiger partial charge in [-0.2, -0.15) is 0 Å². The van der Waals surface area contributed by atoms with Gasteiger partial charge in [0.1, 0.15) is 17.3 Å². The smallest absolute Gasteiger partial charge is 0.228 e. The van der Waals surface area contributed by atoms with E-state index in [4.69, 9.17) is 9.47 Å². The zero-order valence-electron chi connectivity index (χ0n) is 18.5. The average molecular weight is 448 g/mol. The van der Waals surface area contributed by atoms with Crippen molar-refractivity contribution >= 4 is 17.5 Å². The van der Waals surface area contributed by atoms with Crippen molar-refractivity contribution < 1.29 is 23.5 Å². The van der Waals surface area contributed by atoms with Crippen LogP contribution >= 0.6 is 0 Å². The Bertz CT molecular complexity index is 1110. The summed E-state index contributed by atoms with van der Waals surface area (Å²) in [5.74, 6) is 0.0819. The van der Waals surface area contributed by atoms with Crippen molar-refractivity contribution in [2.75, 3.05) is 19.1 Å². The molecule has 2 atom stereocenters. The summed E-state index contributed by atoms with van der Waals surface area (Å²) in [5, 5.41) is 2.91. The topological polar surface area (TPSA) is 67.9 Å². The molecular weight excluding hydrogens is 423 g/mol. The molecule has 0 radical (unpaired) electrons. The zero-order valence-corrected chi connectivity index (χ0v) is 18.5. The average Bonchev–Trinajstić information content (AvgIpc) is 3.20. The number of halogens is 1. The summed E-state index contributed by atoms with van der Waals surface area (Å²) in [5.41, 5.74) is 2.30. The highest BCUT2D eigenvalue weighted by Crippen LogP contribution is 2.42. The number of anilines is 1. The maximum absolute atomic E-state index is 13.2. The molecule has 0 saturated carbocycles. The van der Waals surface area contributed by atoms with Gasteiger partial charge in [-0.3, -0.25) is 9.59 Å². The molecule has 170 valence electrons. The largest absolute Gasteiger partial charge is 0.497 e. The molecule has 7 heteroatoms. The minimum Gasteiger partial charge on any atom is -0.497 e. The Hall–Kier alpha value is -3.87. The molecule has 0 spiro atoms. The first kappa shape index (κ1) is 22.3. The summed E-state index contributed by atoms with van der Waals surface area (Å²) < 4.78 is 23.7. The lowest BCUT2D eigenvalue weighted by Crippen LogP contribution is -2.35. The first-order valence-corrected chi connectivity index (χ1v) is 10.6. The highest BCUT2D eigenvalue weighted by molar-refractivity contribution is 6.01. The second kappa shape index (κ2) is 9.73. The number of benzene rings is 3. The molecule has 0 unspecified atom stereocenters. The van der Waals surface area contributed by atoms with Crippen LogP contribution in [0.3, 0.4) is 0 Å². The SMILES string of the molecule is COc1ccc([C@H]2[C@@H](C(=O)NCc3ccc(F)cc3)CC(=O)N2c2ccc(OC)cc2)cc1. The van der Waals surface area contributed by atoms with Crippen molar-refractivity contribution in [1.82, 2.24) is 5.32 Å². The van der Waals surface area contributed by atoms with E-state index in [0.717, 1.165) is 11.1 Å². The maximum Gasteiger partial charge on any atom is 0.228 e. The number of carbonyl (C=O) groups is 2. The van der Waals surface area contributed by atoms with Gasteiger partial charge in [-0.15, -0.1) is 0 Å². The molecule has 1 aliphatic heterocycles. The van der Waals surface area contributed by atoms with Crippen LogP contribution in [-0.4, -0.2) is 26.0 Å². The Morgan fingerprint density at radius 1 is 0.939 bits per heavy atom. The summed E-state index contributed by atoms with van der Waals surface area (Å²) in [4.78, 5) is 28.0. The quantitative estimate of drug-likeness (QED) is 0.587. The van der Waals surface area contributed by atoms with Crippen LogP contribution in [0.5, 0.6) is 11.5 Å². The summed E-state index contributed by atoms with van der Waals surface area (Å²) in [6.45, 7) is 0.252. The number of hydrogen-bond donors (Lipinski definition) is 1. The number of amides is 2. The molecule has 1 heterocycles. The van der Waals surface area contributed by atoms with Gasteiger partial charge in [0.25, 0.3) is 0 Å². The van der Waals surface area contributed by atoms with Gasteiger partial charge >= 0.3 is 0 Å². The monoisotopic (exact) mass is 448 g/mol. The number of nitrogens with one attached hydrogen (secondary N) is 1. The normalized spacial score (nSPS) is 17.7. The molecule has 0 bridgehead atoms. The minimum atomic E-state index is -0.589. The number of nitrogens with zero attached hydrogens (tertiary/aromatic N) is 1.